The highest BCUT2D eigenvalue weighted by atomic mass is 16.4. The molecular formula is C10H15NO8. The molecule has 0 bridgehead atoms. The molecule has 0 radical (unpaired) electrons. The van der Waals surface area contributed by atoms with Crippen molar-refractivity contribution in [2.45, 2.75) is 25.3 Å². The number of carbonyl (C=O) groups is 4. The van der Waals surface area contributed by atoms with Crippen molar-refractivity contribution in [3.63, 3.8) is 0 Å². The zero-order chi connectivity index (χ0) is 15.0. The lowest BCUT2D eigenvalue weighted by Crippen LogP contribution is -2.45. The first kappa shape index (κ1) is 17.0. The number of nitrogens with zero attached hydrogens (tertiary/aromatic N) is 1. The van der Waals surface area contributed by atoms with E-state index in [1.54, 1.807) is 0 Å². The van der Waals surface area contributed by atoms with Gasteiger partial charge in [-0.05, 0) is 0 Å². The second-order valence-electron chi connectivity index (χ2n) is 3.56. The Balaban J connectivity index is 0.000000711. The monoisotopic (exact) mass is 277 g/mol. The summed E-state index contributed by atoms with van der Waals surface area (Å²) < 4.78 is 0. The van der Waals surface area contributed by atoms with Gasteiger partial charge >= 0.3 is 11.9 Å². The van der Waals surface area contributed by atoms with Gasteiger partial charge in [0.15, 0.2) is 0 Å². The lowest BCUT2D eigenvalue weighted by Gasteiger charge is -2.20. The van der Waals surface area contributed by atoms with E-state index in [1.165, 1.54) is 0 Å². The van der Waals surface area contributed by atoms with Crippen LogP contribution in [0.15, 0.2) is 0 Å². The third-order valence-electron chi connectivity index (χ3n) is 2.15. The second-order valence-corrected chi connectivity index (χ2v) is 3.56. The van der Waals surface area contributed by atoms with E-state index < -0.39 is 36.2 Å². The van der Waals surface area contributed by atoms with Gasteiger partial charge in [-0.1, -0.05) is 0 Å². The molecule has 1 atom stereocenters. The Morgan fingerprint density at radius 3 is 1.74 bits per heavy atom. The molecule has 2 amide bonds. The minimum atomic E-state index is -1.59. The number of likely N-dealkylation sites (tertiary alicyclic amines) is 1. The molecule has 19 heavy (non-hydrogen) atoms. The van der Waals surface area contributed by atoms with E-state index in [0.29, 0.717) is 4.90 Å². The molecule has 0 aromatic carbocycles. The molecule has 1 aliphatic rings. The van der Waals surface area contributed by atoms with E-state index in [-0.39, 0.29) is 26.1 Å². The highest BCUT2D eigenvalue weighted by Gasteiger charge is 2.39. The predicted molar refractivity (Wildman–Crippen MR) is 58.9 cm³/mol. The van der Waals surface area contributed by atoms with Crippen LogP contribution in [0.3, 0.4) is 0 Å². The molecule has 108 valence electrons. The van der Waals surface area contributed by atoms with Crippen LogP contribution in [-0.4, -0.2) is 68.3 Å². The average Bonchev–Trinajstić information content (AvgIpc) is 2.66. The van der Waals surface area contributed by atoms with Gasteiger partial charge in [-0.15, -0.1) is 0 Å². The summed E-state index contributed by atoms with van der Waals surface area (Å²) in [7, 11) is 0. The van der Waals surface area contributed by atoms with Crippen LogP contribution in [0.25, 0.3) is 0 Å². The van der Waals surface area contributed by atoms with Crippen molar-refractivity contribution in [2.75, 3.05) is 13.2 Å². The van der Waals surface area contributed by atoms with Crippen LogP contribution in [0.5, 0.6) is 0 Å². The van der Waals surface area contributed by atoms with E-state index in [0.717, 1.165) is 0 Å². The molecule has 1 saturated heterocycles. The molecule has 1 aliphatic heterocycles. The maximum absolute atomic E-state index is 11.2. The van der Waals surface area contributed by atoms with Gasteiger partial charge in [0.2, 0.25) is 11.8 Å². The van der Waals surface area contributed by atoms with Gasteiger partial charge in [0, 0.05) is 12.8 Å². The lowest BCUT2D eigenvalue weighted by molar-refractivity contribution is -0.157. The van der Waals surface area contributed by atoms with Crippen LogP contribution in [-0.2, 0) is 19.2 Å². The van der Waals surface area contributed by atoms with Crippen LogP contribution in [0.1, 0.15) is 19.3 Å². The number of hydrogen-bond donors (Lipinski definition) is 4. The van der Waals surface area contributed by atoms with E-state index in [2.05, 4.69) is 0 Å². The predicted octanol–water partition coefficient (Wildman–Crippen LogP) is -1.97. The van der Waals surface area contributed by atoms with Crippen LogP contribution >= 0.6 is 0 Å². The number of amides is 2. The fourth-order valence-corrected chi connectivity index (χ4v) is 1.40. The summed E-state index contributed by atoms with van der Waals surface area (Å²) in [5.74, 6) is -4.11. The number of carboxylic acids is 2. The first-order valence-corrected chi connectivity index (χ1v) is 5.36. The third kappa shape index (κ3) is 5.44. The molecule has 0 aromatic rings. The van der Waals surface area contributed by atoms with Crippen molar-refractivity contribution in [2.24, 2.45) is 0 Å². The average molecular weight is 277 g/mol. The smallest absolute Gasteiger partial charge is 0.327 e. The topological polar surface area (TPSA) is 152 Å². The molecule has 1 fully saturated rings. The number of imide groups is 1. The van der Waals surface area contributed by atoms with Gasteiger partial charge < -0.3 is 20.4 Å². The van der Waals surface area contributed by atoms with Crippen molar-refractivity contribution in [1.29, 1.82) is 0 Å². The Morgan fingerprint density at radius 2 is 1.47 bits per heavy atom. The van der Waals surface area contributed by atoms with Crippen molar-refractivity contribution in [3.8, 4) is 0 Å². The fourth-order valence-electron chi connectivity index (χ4n) is 1.40. The largest absolute Gasteiger partial charge is 0.481 e. The quantitative estimate of drug-likeness (QED) is 0.422. The minimum Gasteiger partial charge on any atom is -0.481 e. The molecule has 0 saturated carbocycles. The number of carbonyl (C=O) groups excluding carboxylic acids is 2. The maximum atomic E-state index is 11.2. The number of aliphatic carboxylic acids is 2. The third-order valence-corrected chi connectivity index (χ3v) is 2.15. The molecule has 9 nitrogen and oxygen atoms in total. The number of hydrogen-bond acceptors (Lipinski definition) is 6. The molecule has 0 aliphatic carbocycles. The van der Waals surface area contributed by atoms with E-state index >= 15 is 0 Å². The van der Waals surface area contributed by atoms with E-state index in [1.807, 2.05) is 0 Å². The summed E-state index contributed by atoms with van der Waals surface area (Å²) >= 11 is 0. The highest BCUT2D eigenvalue weighted by Crippen LogP contribution is 2.17. The summed E-state index contributed by atoms with van der Waals surface area (Å²) in [5.41, 5.74) is 0. The maximum Gasteiger partial charge on any atom is 0.327 e. The first-order valence-electron chi connectivity index (χ1n) is 5.36. The van der Waals surface area contributed by atoms with Crippen molar-refractivity contribution < 1.29 is 39.6 Å². The summed E-state index contributed by atoms with van der Waals surface area (Å²) in [6.07, 6.45) is -0.878. The number of rotatable bonds is 5. The number of aliphatic hydroxyl groups is 2. The summed E-state index contributed by atoms with van der Waals surface area (Å²) in [5, 5.41) is 32.4. The molecule has 0 aromatic heterocycles. The van der Waals surface area contributed by atoms with E-state index in [4.69, 9.17) is 20.4 Å². The molecular weight excluding hydrogens is 262 g/mol. The lowest BCUT2D eigenvalue weighted by atomic mass is 10.2. The standard InChI is InChI=1S/C8H9NO6.C2H6O2/c10-5-1-2-6(11)9(5)4(8(14)15)3-7(12)13;3-1-2-4/h4H,1-3H2,(H,12,13)(H,14,15);3-4H,1-2H2/t4-;/m0./s1. The Hall–Kier alpha value is -2.00. The van der Waals surface area contributed by atoms with Crippen LogP contribution in [0.4, 0.5) is 0 Å². The Morgan fingerprint density at radius 1 is 1.05 bits per heavy atom. The van der Waals surface area contributed by atoms with Gasteiger partial charge in [0.1, 0.15) is 6.04 Å². The Labute approximate surface area is 108 Å². The van der Waals surface area contributed by atoms with Crippen molar-refractivity contribution >= 4 is 23.8 Å². The zero-order valence-corrected chi connectivity index (χ0v) is 9.98. The molecule has 0 unspecified atom stereocenters. The van der Waals surface area contributed by atoms with Gasteiger partial charge in [-0.3, -0.25) is 19.3 Å². The first-order chi connectivity index (χ1) is 8.84. The SMILES string of the molecule is O=C(O)C[C@@H](C(=O)O)N1C(=O)CCC1=O.OCCO. The van der Waals surface area contributed by atoms with E-state index in [9.17, 15) is 19.2 Å². The molecule has 1 rings (SSSR count). The minimum absolute atomic E-state index is 0.0533. The van der Waals surface area contributed by atoms with Crippen LogP contribution in [0, 0.1) is 0 Å². The van der Waals surface area contributed by atoms with Crippen LogP contribution in [0.2, 0.25) is 0 Å². The summed E-state index contributed by atoms with van der Waals surface area (Å²) in [6, 6.07) is -1.59. The zero-order valence-electron chi connectivity index (χ0n) is 9.98. The fraction of sp³-hybridized carbons (Fsp3) is 0.600. The molecule has 0 spiro atoms. The van der Waals surface area contributed by atoms with Gasteiger partial charge in [-0.25, -0.2) is 4.79 Å². The summed E-state index contributed by atoms with van der Waals surface area (Å²) in [6.45, 7) is -0.250. The Kier molecular flexibility index (Phi) is 7.30. The van der Waals surface area contributed by atoms with Crippen molar-refractivity contribution in [3.05, 3.63) is 0 Å². The molecule has 4 N–H and O–H groups in total. The second kappa shape index (κ2) is 8.16. The van der Waals surface area contributed by atoms with Gasteiger partial charge in [0.05, 0.1) is 19.6 Å². The van der Waals surface area contributed by atoms with Crippen molar-refractivity contribution in [1.82, 2.24) is 4.90 Å². The normalized spacial score (nSPS) is 15.8. The van der Waals surface area contributed by atoms with Gasteiger partial charge in [0.25, 0.3) is 0 Å². The van der Waals surface area contributed by atoms with Crippen LogP contribution < -0.4 is 0 Å². The molecule has 9 heteroatoms. The molecule has 1 heterocycles. The number of aliphatic hydroxyl groups excluding tert-OH is 2. The highest BCUT2D eigenvalue weighted by molar-refractivity contribution is 6.05. The number of carboxylic acid groups (broad SMARTS) is 2. The Bertz CT molecular complexity index is 349. The summed E-state index contributed by atoms with van der Waals surface area (Å²) in [4.78, 5) is 43.9. The van der Waals surface area contributed by atoms with Gasteiger partial charge in [-0.2, -0.15) is 0 Å².